The van der Waals surface area contributed by atoms with E-state index in [0.717, 1.165) is 12.0 Å². The number of hydrogen-bond donors (Lipinski definition) is 1. The molecule has 0 saturated carbocycles. The summed E-state index contributed by atoms with van der Waals surface area (Å²) in [5, 5.41) is 11.7. The molecule has 186 valence electrons. The Morgan fingerprint density at radius 1 is 0.944 bits per heavy atom. The largest absolute Gasteiger partial charge is 0.507 e. The Hall–Kier alpha value is -3.97. The van der Waals surface area contributed by atoms with Gasteiger partial charge in [-0.2, -0.15) is 0 Å². The fourth-order valence-corrected chi connectivity index (χ4v) is 4.55. The van der Waals surface area contributed by atoms with Gasteiger partial charge in [0.25, 0.3) is 11.7 Å². The first-order valence-electron chi connectivity index (χ1n) is 11.3. The SMILES string of the molecule is CCc1ccc(N2C(=O)C(=O)/C(=C(/O)c3cc(Cl)c(OC)cc3OC)C2c2cccc(OC)c2)cc1. The molecule has 0 bridgehead atoms. The second-order valence-corrected chi connectivity index (χ2v) is 8.56. The van der Waals surface area contributed by atoms with E-state index in [0.29, 0.717) is 22.7 Å². The number of rotatable bonds is 7. The Morgan fingerprint density at radius 2 is 1.64 bits per heavy atom. The Bertz CT molecular complexity index is 1350. The lowest BCUT2D eigenvalue weighted by molar-refractivity contribution is -0.132. The van der Waals surface area contributed by atoms with E-state index in [1.807, 2.05) is 19.1 Å². The highest BCUT2D eigenvalue weighted by molar-refractivity contribution is 6.51. The predicted octanol–water partition coefficient (Wildman–Crippen LogP) is 5.55. The topological polar surface area (TPSA) is 85.3 Å². The highest BCUT2D eigenvalue weighted by Gasteiger charge is 2.47. The summed E-state index contributed by atoms with van der Waals surface area (Å²) in [5.41, 5.74) is 2.28. The zero-order valence-electron chi connectivity index (χ0n) is 20.4. The molecule has 1 heterocycles. The number of carbonyl (C=O) groups excluding carboxylic acids is 2. The summed E-state index contributed by atoms with van der Waals surface area (Å²) in [5.74, 6) is -0.872. The quantitative estimate of drug-likeness (QED) is 0.256. The lowest BCUT2D eigenvalue weighted by Gasteiger charge is -2.26. The van der Waals surface area contributed by atoms with Gasteiger partial charge in [0.2, 0.25) is 0 Å². The van der Waals surface area contributed by atoms with Crippen LogP contribution in [-0.2, 0) is 16.0 Å². The molecule has 1 amide bonds. The van der Waals surface area contributed by atoms with Crippen molar-refractivity contribution in [1.29, 1.82) is 0 Å². The minimum atomic E-state index is -0.918. The number of amides is 1. The molecular formula is C28H26ClNO6. The molecule has 0 aromatic heterocycles. The van der Waals surface area contributed by atoms with Crippen molar-refractivity contribution >= 4 is 34.7 Å². The van der Waals surface area contributed by atoms with Crippen LogP contribution in [0.3, 0.4) is 0 Å². The van der Waals surface area contributed by atoms with E-state index in [2.05, 4.69) is 0 Å². The lowest BCUT2D eigenvalue weighted by atomic mass is 9.94. The maximum atomic E-state index is 13.4. The molecule has 0 spiro atoms. The number of aliphatic hydroxyl groups is 1. The summed E-state index contributed by atoms with van der Waals surface area (Å²) < 4.78 is 16.1. The van der Waals surface area contributed by atoms with E-state index in [4.69, 9.17) is 25.8 Å². The van der Waals surface area contributed by atoms with E-state index in [1.54, 1.807) is 36.4 Å². The summed E-state index contributed by atoms with van der Waals surface area (Å²) in [6.45, 7) is 2.03. The third kappa shape index (κ3) is 4.38. The second kappa shape index (κ2) is 10.3. The Balaban J connectivity index is 1.98. The van der Waals surface area contributed by atoms with Crippen LogP contribution in [0.2, 0.25) is 5.02 Å². The van der Waals surface area contributed by atoms with E-state index in [9.17, 15) is 14.7 Å². The molecule has 1 atom stereocenters. The third-order valence-electron chi connectivity index (χ3n) is 6.21. The summed E-state index contributed by atoms with van der Waals surface area (Å²) >= 11 is 6.33. The second-order valence-electron chi connectivity index (χ2n) is 8.15. The zero-order chi connectivity index (χ0) is 26.0. The number of anilines is 1. The Morgan fingerprint density at radius 3 is 2.25 bits per heavy atom. The maximum absolute atomic E-state index is 13.4. The van der Waals surface area contributed by atoms with Crippen LogP contribution in [-0.4, -0.2) is 38.1 Å². The minimum Gasteiger partial charge on any atom is -0.507 e. The van der Waals surface area contributed by atoms with Crippen LogP contribution in [0.25, 0.3) is 5.76 Å². The first kappa shape index (κ1) is 25.1. The van der Waals surface area contributed by atoms with Crippen LogP contribution in [0.15, 0.2) is 66.2 Å². The number of halogens is 1. The van der Waals surface area contributed by atoms with Gasteiger partial charge in [-0.25, -0.2) is 0 Å². The van der Waals surface area contributed by atoms with Crippen molar-refractivity contribution in [1.82, 2.24) is 0 Å². The molecule has 7 nitrogen and oxygen atoms in total. The number of ketones is 1. The molecule has 36 heavy (non-hydrogen) atoms. The number of ether oxygens (including phenoxy) is 3. The van der Waals surface area contributed by atoms with Gasteiger partial charge in [-0.15, -0.1) is 0 Å². The summed E-state index contributed by atoms with van der Waals surface area (Å²) in [4.78, 5) is 28.2. The standard InChI is InChI=1S/C28H26ClNO6/c1-5-16-9-11-18(12-10-16)30-25(17-7-6-8-19(13-17)34-2)24(27(32)28(30)33)26(31)20-14-21(29)23(36-4)15-22(20)35-3/h6-15,25,31H,5H2,1-4H3/b26-24+. The molecule has 1 fully saturated rings. The smallest absolute Gasteiger partial charge is 0.300 e. The molecule has 1 saturated heterocycles. The van der Waals surface area contributed by atoms with Crippen molar-refractivity contribution < 1.29 is 28.9 Å². The van der Waals surface area contributed by atoms with E-state index in [-0.39, 0.29) is 21.9 Å². The summed E-state index contributed by atoms with van der Waals surface area (Å²) in [7, 11) is 4.41. The van der Waals surface area contributed by atoms with Gasteiger partial charge in [0.05, 0.1) is 43.5 Å². The van der Waals surface area contributed by atoms with Gasteiger partial charge in [-0.3, -0.25) is 14.5 Å². The molecular weight excluding hydrogens is 482 g/mol. The van der Waals surface area contributed by atoms with Gasteiger partial charge < -0.3 is 19.3 Å². The van der Waals surface area contributed by atoms with Gasteiger partial charge >= 0.3 is 0 Å². The molecule has 3 aromatic carbocycles. The van der Waals surface area contributed by atoms with Crippen LogP contribution in [0.1, 0.15) is 29.7 Å². The minimum absolute atomic E-state index is 0.0904. The van der Waals surface area contributed by atoms with Gasteiger partial charge in [-0.05, 0) is 47.9 Å². The molecule has 0 radical (unpaired) electrons. The molecule has 1 aliphatic rings. The van der Waals surface area contributed by atoms with Crippen LogP contribution < -0.4 is 19.1 Å². The van der Waals surface area contributed by atoms with Crippen molar-refractivity contribution in [3.63, 3.8) is 0 Å². The van der Waals surface area contributed by atoms with Crippen molar-refractivity contribution in [3.8, 4) is 17.2 Å². The van der Waals surface area contributed by atoms with Gasteiger partial charge in [0.1, 0.15) is 23.0 Å². The maximum Gasteiger partial charge on any atom is 0.300 e. The average molecular weight is 508 g/mol. The Kier molecular flexibility index (Phi) is 7.22. The zero-order valence-corrected chi connectivity index (χ0v) is 21.1. The van der Waals surface area contributed by atoms with Crippen LogP contribution in [0.4, 0.5) is 5.69 Å². The number of hydrogen-bond acceptors (Lipinski definition) is 6. The average Bonchev–Trinajstić information content (AvgIpc) is 3.18. The normalized spacial score (nSPS) is 16.8. The van der Waals surface area contributed by atoms with Gasteiger partial charge in [-0.1, -0.05) is 42.8 Å². The number of carbonyl (C=O) groups is 2. The fourth-order valence-electron chi connectivity index (χ4n) is 4.31. The van der Waals surface area contributed by atoms with E-state index in [1.165, 1.54) is 38.4 Å². The number of benzene rings is 3. The van der Waals surface area contributed by atoms with Gasteiger partial charge in [0, 0.05) is 11.8 Å². The molecule has 8 heteroatoms. The van der Waals surface area contributed by atoms with Crippen molar-refractivity contribution in [3.05, 3.63) is 87.9 Å². The number of aliphatic hydroxyl groups excluding tert-OH is 1. The molecule has 0 aliphatic carbocycles. The lowest BCUT2D eigenvalue weighted by Crippen LogP contribution is -2.29. The number of aryl methyl sites for hydroxylation is 1. The molecule has 1 aliphatic heterocycles. The fraction of sp³-hybridized carbons (Fsp3) is 0.214. The molecule has 3 aromatic rings. The molecule has 1 unspecified atom stereocenters. The molecule has 4 rings (SSSR count). The van der Waals surface area contributed by atoms with E-state index < -0.39 is 23.5 Å². The highest BCUT2D eigenvalue weighted by atomic mass is 35.5. The van der Waals surface area contributed by atoms with E-state index >= 15 is 0 Å². The first-order valence-corrected chi connectivity index (χ1v) is 11.7. The van der Waals surface area contributed by atoms with Crippen molar-refractivity contribution in [2.45, 2.75) is 19.4 Å². The van der Waals surface area contributed by atoms with Crippen LogP contribution in [0.5, 0.6) is 17.2 Å². The Labute approximate surface area is 214 Å². The monoisotopic (exact) mass is 507 g/mol. The number of nitrogens with zero attached hydrogens (tertiary/aromatic N) is 1. The van der Waals surface area contributed by atoms with Crippen LogP contribution in [0, 0.1) is 0 Å². The number of methoxy groups -OCH3 is 3. The highest BCUT2D eigenvalue weighted by Crippen LogP contribution is 2.45. The predicted molar refractivity (Wildman–Crippen MR) is 138 cm³/mol. The van der Waals surface area contributed by atoms with Crippen molar-refractivity contribution in [2.75, 3.05) is 26.2 Å². The summed E-state index contributed by atoms with van der Waals surface area (Å²) in [6, 6.07) is 16.5. The summed E-state index contributed by atoms with van der Waals surface area (Å²) in [6.07, 6.45) is 0.830. The number of Topliss-reactive ketones (excluding diaryl/α,β-unsaturated/α-hetero) is 1. The van der Waals surface area contributed by atoms with Crippen LogP contribution >= 0.6 is 11.6 Å². The first-order chi connectivity index (χ1) is 17.3. The van der Waals surface area contributed by atoms with Crippen molar-refractivity contribution in [2.24, 2.45) is 0 Å². The third-order valence-corrected chi connectivity index (χ3v) is 6.50. The van der Waals surface area contributed by atoms with Gasteiger partial charge in [0.15, 0.2) is 0 Å². The molecule has 1 N–H and O–H groups in total.